The van der Waals surface area contributed by atoms with Crippen molar-refractivity contribution in [1.82, 2.24) is 5.32 Å². The summed E-state index contributed by atoms with van der Waals surface area (Å²) in [6.45, 7) is 8.41. The molecule has 0 atom stereocenters. The summed E-state index contributed by atoms with van der Waals surface area (Å²) in [4.78, 5) is 0. The summed E-state index contributed by atoms with van der Waals surface area (Å²) in [7, 11) is 0. The predicted molar refractivity (Wildman–Crippen MR) is 66.1 cm³/mol. The zero-order valence-electron chi connectivity index (χ0n) is 10.3. The highest BCUT2D eigenvalue weighted by atomic mass is 16.5. The van der Waals surface area contributed by atoms with Crippen LogP contribution < -0.4 is 10.1 Å². The van der Waals surface area contributed by atoms with Crippen molar-refractivity contribution >= 4 is 0 Å². The van der Waals surface area contributed by atoms with Crippen LogP contribution in [0.5, 0.6) is 5.75 Å². The fourth-order valence-electron chi connectivity index (χ4n) is 1.58. The van der Waals surface area contributed by atoms with E-state index in [2.05, 4.69) is 38.2 Å². The van der Waals surface area contributed by atoms with Gasteiger partial charge in [0.05, 0.1) is 6.61 Å². The van der Waals surface area contributed by atoms with Crippen LogP contribution in [-0.4, -0.2) is 31.4 Å². The number of ether oxygens (including phenoxy) is 1. The number of hydrogen-bond acceptors (Lipinski definition) is 3. The number of hydrogen-bond donors (Lipinski definition) is 2. The van der Waals surface area contributed by atoms with Crippen LogP contribution >= 0.6 is 0 Å². The summed E-state index contributed by atoms with van der Waals surface area (Å²) < 4.78 is 5.75. The fourth-order valence-corrected chi connectivity index (χ4v) is 1.58. The molecule has 1 rings (SSSR count). The van der Waals surface area contributed by atoms with Gasteiger partial charge in [-0.1, -0.05) is 12.1 Å². The van der Waals surface area contributed by atoms with Crippen LogP contribution in [0.2, 0.25) is 0 Å². The van der Waals surface area contributed by atoms with Crippen LogP contribution in [0, 0.1) is 20.8 Å². The first kappa shape index (κ1) is 13.0. The van der Waals surface area contributed by atoms with Crippen molar-refractivity contribution in [1.29, 1.82) is 0 Å². The van der Waals surface area contributed by atoms with Crippen molar-refractivity contribution in [3.8, 4) is 5.75 Å². The van der Waals surface area contributed by atoms with Gasteiger partial charge >= 0.3 is 0 Å². The average Bonchev–Trinajstić information content (AvgIpc) is 2.28. The molecule has 2 N–H and O–H groups in total. The monoisotopic (exact) mass is 223 g/mol. The van der Waals surface area contributed by atoms with Crippen LogP contribution in [0.25, 0.3) is 0 Å². The Hall–Kier alpha value is -1.06. The molecule has 0 fully saturated rings. The third-order valence-electron chi connectivity index (χ3n) is 2.69. The van der Waals surface area contributed by atoms with Crippen molar-refractivity contribution in [3.63, 3.8) is 0 Å². The second-order valence-electron chi connectivity index (χ2n) is 3.98. The van der Waals surface area contributed by atoms with Gasteiger partial charge in [-0.25, -0.2) is 0 Å². The average molecular weight is 223 g/mol. The molecule has 0 aromatic heterocycles. The van der Waals surface area contributed by atoms with Gasteiger partial charge < -0.3 is 15.2 Å². The molecule has 16 heavy (non-hydrogen) atoms. The van der Waals surface area contributed by atoms with E-state index in [0.29, 0.717) is 13.2 Å². The summed E-state index contributed by atoms with van der Waals surface area (Å²) in [5.41, 5.74) is 3.64. The molecule has 3 nitrogen and oxygen atoms in total. The lowest BCUT2D eigenvalue weighted by atomic mass is 10.1. The molecule has 1 aromatic carbocycles. The largest absolute Gasteiger partial charge is 0.492 e. The minimum Gasteiger partial charge on any atom is -0.492 e. The number of rotatable bonds is 6. The van der Waals surface area contributed by atoms with Crippen molar-refractivity contribution in [2.75, 3.05) is 26.3 Å². The van der Waals surface area contributed by atoms with Gasteiger partial charge in [0, 0.05) is 13.1 Å². The van der Waals surface area contributed by atoms with Gasteiger partial charge in [-0.05, 0) is 37.5 Å². The molecule has 3 heteroatoms. The molecule has 0 radical (unpaired) electrons. The van der Waals surface area contributed by atoms with E-state index >= 15 is 0 Å². The Balaban J connectivity index is 2.50. The van der Waals surface area contributed by atoms with Gasteiger partial charge in [0.15, 0.2) is 0 Å². The number of aryl methyl sites for hydroxylation is 2. The smallest absolute Gasteiger partial charge is 0.125 e. The number of nitrogens with one attached hydrogen (secondary N) is 1. The van der Waals surface area contributed by atoms with E-state index in [1.165, 1.54) is 16.7 Å². The second kappa shape index (κ2) is 6.51. The Kier molecular flexibility index (Phi) is 5.29. The molecule has 0 heterocycles. The maximum absolute atomic E-state index is 8.60. The highest BCUT2D eigenvalue weighted by Crippen LogP contribution is 2.25. The highest BCUT2D eigenvalue weighted by Gasteiger charge is 2.05. The van der Waals surface area contributed by atoms with Crippen molar-refractivity contribution in [2.24, 2.45) is 0 Å². The Morgan fingerprint density at radius 3 is 2.50 bits per heavy atom. The van der Waals surface area contributed by atoms with Crippen molar-refractivity contribution in [3.05, 3.63) is 28.8 Å². The second-order valence-corrected chi connectivity index (χ2v) is 3.98. The SMILES string of the molecule is Cc1ccc(C)c(OCCNCCO)c1C. The predicted octanol–water partition coefficient (Wildman–Crippen LogP) is 1.57. The van der Waals surface area contributed by atoms with E-state index in [1.54, 1.807) is 0 Å². The molecule has 0 aliphatic heterocycles. The third kappa shape index (κ3) is 3.51. The lowest BCUT2D eigenvalue weighted by Gasteiger charge is -2.14. The Morgan fingerprint density at radius 2 is 1.81 bits per heavy atom. The maximum atomic E-state index is 8.60. The Morgan fingerprint density at radius 1 is 1.12 bits per heavy atom. The highest BCUT2D eigenvalue weighted by molar-refractivity contribution is 5.44. The van der Waals surface area contributed by atoms with Gasteiger partial charge in [0.2, 0.25) is 0 Å². The van der Waals surface area contributed by atoms with Crippen molar-refractivity contribution < 1.29 is 9.84 Å². The Bertz CT molecular complexity index is 337. The van der Waals surface area contributed by atoms with E-state index < -0.39 is 0 Å². The zero-order valence-corrected chi connectivity index (χ0v) is 10.3. The first-order valence-corrected chi connectivity index (χ1v) is 5.68. The van der Waals surface area contributed by atoms with Crippen LogP contribution in [0.1, 0.15) is 16.7 Å². The summed E-state index contributed by atoms with van der Waals surface area (Å²) >= 11 is 0. The Labute approximate surface area is 97.4 Å². The minimum atomic E-state index is 0.169. The molecular formula is C13H21NO2. The molecule has 0 saturated heterocycles. The van der Waals surface area contributed by atoms with Crippen molar-refractivity contribution in [2.45, 2.75) is 20.8 Å². The standard InChI is InChI=1S/C13H21NO2/c1-10-4-5-11(2)13(12(10)3)16-9-7-14-6-8-15/h4-5,14-15H,6-9H2,1-3H3. The van der Waals surface area contributed by atoms with E-state index in [9.17, 15) is 0 Å². The van der Waals surface area contributed by atoms with Crippen LogP contribution in [-0.2, 0) is 0 Å². The van der Waals surface area contributed by atoms with Gasteiger partial charge in [-0.3, -0.25) is 0 Å². The van der Waals surface area contributed by atoms with Gasteiger partial charge in [0.1, 0.15) is 12.4 Å². The lowest BCUT2D eigenvalue weighted by Crippen LogP contribution is -2.24. The molecule has 0 spiro atoms. The van der Waals surface area contributed by atoms with Crippen LogP contribution in [0.4, 0.5) is 0 Å². The molecular weight excluding hydrogens is 202 g/mol. The normalized spacial score (nSPS) is 10.5. The maximum Gasteiger partial charge on any atom is 0.125 e. The minimum absolute atomic E-state index is 0.169. The number of benzene rings is 1. The first-order chi connectivity index (χ1) is 7.66. The molecule has 0 bridgehead atoms. The van der Waals surface area contributed by atoms with Crippen LogP contribution in [0.15, 0.2) is 12.1 Å². The summed E-state index contributed by atoms with van der Waals surface area (Å²) in [6, 6.07) is 4.19. The summed E-state index contributed by atoms with van der Waals surface area (Å²) in [5, 5.41) is 11.7. The van der Waals surface area contributed by atoms with E-state index in [0.717, 1.165) is 12.3 Å². The number of aliphatic hydroxyl groups is 1. The van der Waals surface area contributed by atoms with E-state index in [1.807, 2.05) is 0 Å². The molecule has 0 saturated carbocycles. The summed E-state index contributed by atoms with van der Waals surface area (Å²) in [6.07, 6.45) is 0. The number of aliphatic hydroxyl groups excluding tert-OH is 1. The zero-order chi connectivity index (χ0) is 12.0. The molecule has 0 aliphatic carbocycles. The molecule has 0 amide bonds. The molecule has 0 aliphatic rings. The van der Waals surface area contributed by atoms with Gasteiger partial charge in [-0.15, -0.1) is 0 Å². The lowest BCUT2D eigenvalue weighted by molar-refractivity contribution is 0.274. The molecule has 1 aromatic rings. The third-order valence-corrected chi connectivity index (χ3v) is 2.69. The fraction of sp³-hybridized carbons (Fsp3) is 0.538. The van der Waals surface area contributed by atoms with Gasteiger partial charge in [0.25, 0.3) is 0 Å². The van der Waals surface area contributed by atoms with Crippen LogP contribution in [0.3, 0.4) is 0 Å². The summed E-state index contributed by atoms with van der Waals surface area (Å²) in [5.74, 6) is 0.991. The molecule has 0 unspecified atom stereocenters. The topological polar surface area (TPSA) is 41.5 Å². The van der Waals surface area contributed by atoms with Gasteiger partial charge in [-0.2, -0.15) is 0 Å². The van der Waals surface area contributed by atoms with E-state index in [4.69, 9.17) is 9.84 Å². The van der Waals surface area contributed by atoms with E-state index in [-0.39, 0.29) is 6.61 Å². The first-order valence-electron chi connectivity index (χ1n) is 5.68. The molecule has 90 valence electrons. The quantitative estimate of drug-likeness (QED) is 0.719.